The van der Waals surface area contributed by atoms with Gasteiger partial charge in [0.2, 0.25) is 5.89 Å². The number of nitrogens with one attached hydrogen (secondary N) is 1. The molecule has 16 heavy (non-hydrogen) atoms. The third-order valence-electron chi connectivity index (χ3n) is 3.27. The Morgan fingerprint density at radius 3 is 2.56 bits per heavy atom. The van der Waals surface area contributed by atoms with Crippen LogP contribution in [0.1, 0.15) is 62.6 Å². The molecular formula is C12H21N3O. The van der Waals surface area contributed by atoms with Crippen molar-refractivity contribution in [3.63, 3.8) is 0 Å². The van der Waals surface area contributed by atoms with Gasteiger partial charge in [-0.05, 0) is 19.9 Å². The highest BCUT2D eigenvalue weighted by molar-refractivity contribution is 4.94. The Kier molecular flexibility index (Phi) is 4.34. The molecule has 0 atom stereocenters. The standard InChI is InChI=1S/C12H21N3O/c1-13-9-11-14-12(16-15-11)10-7-5-3-2-4-6-8-10/h10,13H,2-9H2,1H3. The predicted molar refractivity (Wildman–Crippen MR) is 62.1 cm³/mol. The number of hydrogen-bond acceptors (Lipinski definition) is 4. The Bertz CT molecular complexity index is 303. The van der Waals surface area contributed by atoms with Gasteiger partial charge >= 0.3 is 0 Å². The Morgan fingerprint density at radius 1 is 1.19 bits per heavy atom. The van der Waals surface area contributed by atoms with Crippen molar-refractivity contribution in [1.29, 1.82) is 0 Å². The molecule has 0 amide bonds. The summed E-state index contributed by atoms with van der Waals surface area (Å²) >= 11 is 0. The molecule has 1 aromatic heterocycles. The highest BCUT2D eigenvalue weighted by atomic mass is 16.5. The van der Waals surface area contributed by atoms with E-state index in [4.69, 9.17) is 4.52 Å². The van der Waals surface area contributed by atoms with Gasteiger partial charge in [-0.15, -0.1) is 0 Å². The molecule has 2 rings (SSSR count). The minimum absolute atomic E-state index is 0.499. The van der Waals surface area contributed by atoms with Crippen LogP contribution in [-0.2, 0) is 6.54 Å². The summed E-state index contributed by atoms with van der Waals surface area (Å²) in [6.45, 7) is 0.691. The molecule has 1 saturated carbocycles. The highest BCUT2D eigenvalue weighted by Crippen LogP contribution is 2.29. The van der Waals surface area contributed by atoms with E-state index in [1.165, 1.54) is 44.9 Å². The molecule has 0 bridgehead atoms. The van der Waals surface area contributed by atoms with Crippen LogP contribution >= 0.6 is 0 Å². The number of hydrogen-bond donors (Lipinski definition) is 1. The van der Waals surface area contributed by atoms with Crippen molar-refractivity contribution in [2.75, 3.05) is 7.05 Å². The molecule has 1 aromatic rings. The first-order valence-corrected chi connectivity index (χ1v) is 6.37. The van der Waals surface area contributed by atoms with Crippen LogP contribution in [0.5, 0.6) is 0 Å². The number of aromatic nitrogens is 2. The third-order valence-corrected chi connectivity index (χ3v) is 3.27. The van der Waals surface area contributed by atoms with E-state index in [-0.39, 0.29) is 0 Å². The average molecular weight is 223 g/mol. The normalized spacial score (nSPS) is 19.3. The number of nitrogens with zero attached hydrogens (tertiary/aromatic N) is 2. The fourth-order valence-electron chi connectivity index (χ4n) is 2.37. The van der Waals surface area contributed by atoms with Gasteiger partial charge in [0.15, 0.2) is 5.82 Å². The van der Waals surface area contributed by atoms with E-state index in [2.05, 4.69) is 15.5 Å². The lowest BCUT2D eigenvalue weighted by Gasteiger charge is -2.15. The van der Waals surface area contributed by atoms with Crippen molar-refractivity contribution >= 4 is 0 Å². The van der Waals surface area contributed by atoms with Crippen molar-refractivity contribution in [2.24, 2.45) is 0 Å². The monoisotopic (exact) mass is 223 g/mol. The molecule has 0 aromatic carbocycles. The molecule has 1 aliphatic rings. The van der Waals surface area contributed by atoms with Gasteiger partial charge in [-0.3, -0.25) is 0 Å². The van der Waals surface area contributed by atoms with Crippen molar-refractivity contribution in [2.45, 2.75) is 57.4 Å². The maximum atomic E-state index is 5.35. The van der Waals surface area contributed by atoms with Gasteiger partial charge in [-0.25, -0.2) is 0 Å². The second-order valence-corrected chi connectivity index (χ2v) is 4.62. The molecule has 0 saturated heterocycles. The summed E-state index contributed by atoms with van der Waals surface area (Å²) in [7, 11) is 1.89. The van der Waals surface area contributed by atoms with E-state index in [0.29, 0.717) is 12.5 Å². The minimum atomic E-state index is 0.499. The van der Waals surface area contributed by atoms with E-state index in [1.54, 1.807) is 0 Å². The predicted octanol–water partition coefficient (Wildman–Crippen LogP) is 2.62. The molecule has 0 unspecified atom stereocenters. The van der Waals surface area contributed by atoms with Gasteiger partial charge in [0.25, 0.3) is 0 Å². The second-order valence-electron chi connectivity index (χ2n) is 4.62. The van der Waals surface area contributed by atoms with Gasteiger partial charge in [-0.2, -0.15) is 4.98 Å². The minimum Gasteiger partial charge on any atom is -0.339 e. The zero-order valence-corrected chi connectivity index (χ0v) is 10.0. The summed E-state index contributed by atoms with van der Waals surface area (Å²) in [6.07, 6.45) is 9.12. The van der Waals surface area contributed by atoms with E-state index >= 15 is 0 Å². The average Bonchev–Trinajstić information content (AvgIpc) is 2.66. The summed E-state index contributed by atoms with van der Waals surface area (Å²) < 4.78 is 5.35. The van der Waals surface area contributed by atoms with Gasteiger partial charge < -0.3 is 9.84 Å². The van der Waals surface area contributed by atoms with Crippen LogP contribution in [0.15, 0.2) is 4.52 Å². The zero-order chi connectivity index (χ0) is 11.2. The van der Waals surface area contributed by atoms with Crippen LogP contribution in [-0.4, -0.2) is 17.2 Å². The molecule has 90 valence electrons. The molecule has 0 radical (unpaired) electrons. The molecular weight excluding hydrogens is 202 g/mol. The Hall–Kier alpha value is -0.900. The Labute approximate surface area is 96.8 Å². The summed E-state index contributed by atoms with van der Waals surface area (Å²) in [6, 6.07) is 0. The largest absolute Gasteiger partial charge is 0.339 e. The lowest BCUT2D eigenvalue weighted by molar-refractivity contribution is 0.320. The smallest absolute Gasteiger partial charge is 0.229 e. The van der Waals surface area contributed by atoms with Crippen LogP contribution in [0.3, 0.4) is 0 Å². The van der Waals surface area contributed by atoms with E-state index in [1.807, 2.05) is 7.05 Å². The Balaban J connectivity index is 1.97. The fourth-order valence-corrected chi connectivity index (χ4v) is 2.37. The lowest BCUT2D eigenvalue weighted by atomic mass is 9.91. The van der Waals surface area contributed by atoms with Crippen LogP contribution in [0.4, 0.5) is 0 Å². The maximum absolute atomic E-state index is 5.35. The highest BCUT2D eigenvalue weighted by Gasteiger charge is 2.19. The van der Waals surface area contributed by atoms with Crippen LogP contribution in [0.2, 0.25) is 0 Å². The quantitative estimate of drug-likeness (QED) is 0.855. The maximum Gasteiger partial charge on any atom is 0.229 e. The molecule has 1 heterocycles. The molecule has 1 aliphatic carbocycles. The van der Waals surface area contributed by atoms with Crippen LogP contribution in [0.25, 0.3) is 0 Å². The molecule has 1 N–H and O–H groups in total. The van der Waals surface area contributed by atoms with E-state index in [0.717, 1.165) is 11.7 Å². The first-order chi connectivity index (χ1) is 7.90. The summed E-state index contributed by atoms with van der Waals surface area (Å²) in [5.41, 5.74) is 0. The molecule has 1 fully saturated rings. The topological polar surface area (TPSA) is 51.0 Å². The summed E-state index contributed by atoms with van der Waals surface area (Å²) in [5, 5.41) is 7.02. The van der Waals surface area contributed by atoms with Crippen molar-refractivity contribution < 1.29 is 4.52 Å². The van der Waals surface area contributed by atoms with Crippen molar-refractivity contribution in [1.82, 2.24) is 15.5 Å². The molecule has 0 spiro atoms. The van der Waals surface area contributed by atoms with E-state index < -0.39 is 0 Å². The van der Waals surface area contributed by atoms with Crippen molar-refractivity contribution in [3.05, 3.63) is 11.7 Å². The molecule has 4 nitrogen and oxygen atoms in total. The van der Waals surface area contributed by atoms with E-state index in [9.17, 15) is 0 Å². The number of rotatable bonds is 3. The SMILES string of the molecule is CNCc1noc(C2CCCCCCC2)n1. The van der Waals surface area contributed by atoms with Crippen LogP contribution in [0, 0.1) is 0 Å². The summed E-state index contributed by atoms with van der Waals surface area (Å²) in [4.78, 5) is 4.46. The third kappa shape index (κ3) is 3.04. The first-order valence-electron chi connectivity index (χ1n) is 6.37. The fraction of sp³-hybridized carbons (Fsp3) is 0.833. The Morgan fingerprint density at radius 2 is 1.88 bits per heavy atom. The summed E-state index contributed by atoms with van der Waals surface area (Å²) in [5.74, 6) is 2.13. The van der Waals surface area contributed by atoms with Gasteiger partial charge in [0, 0.05) is 5.92 Å². The lowest BCUT2D eigenvalue weighted by Crippen LogP contribution is -2.07. The van der Waals surface area contributed by atoms with Gasteiger partial charge in [0.1, 0.15) is 0 Å². The zero-order valence-electron chi connectivity index (χ0n) is 10.0. The molecule has 0 aliphatic heterocycles. The van der Waals surface area contributed by atoms with Crippen molar-refractivity contribution in [3.8, 4) is 0 Å². The van der Waals surface area contributed by atoms with Gasteiger partial charge in [-0.1, -0.05) is 37.3 Å². The second kappa shape index (κ2) is 5.99. The first kappa shape index (κ1) is 11.6. The van der Waals surface area contributed by atoms with Gasteiger partial charge in [0.05, 0.1) is 6.54 Å². The molecule has 4 heteroatoms. The van der Waals surface area contributed by atoms with Crippen LogP contribution < -0.4 is 5.32 Å².